The molecule has 0 aliphatic rings. The van der Waals surface area contributed by atoms with Crippen LogP contribution in [-0.4, -0.2) is 26.4 Å². The molecule has 9 heteroatoms. The van der Waals surface area contributed by atoms with Gasteiger partial charge in [0.25, 0.3) is 0 Å². The minimum Gasteiger partial charge on any atom is -0.480 e. The fraction of sp³-hybridized carbons (Fsp3) is 0.318. The monoisotopic (exact) mass is 462 g/mol. The first kappa shape index (κ1) is 23.1. The molecule has 0 fully saturated rings. The largest absolute Gasteiger partial charge is 0.480 e. The van der Waals surface area contributed by atoms with Crippen molar-refractivity contribution in [2.75, 3.05) is 11.1 Å². The summed E-state index contributed by atoms with van der Waals surface area (Å²) < 4.78 is 21.6. The Labute approximate surface area is 190 Å². The Morgan fingerprint density at radius 1 is 1.23 bits per heavy atom. The second-order valence-electron chi connectivity index (χ2n) is 7.29. The first-order valence-electron chi connectivity index (χ1n) is 9.81. The van der Waals surface area contributed by atoms with Gasteiger partial charge >= 0.3 is 0 Å². The number of nitrogens with one attached hydrogen (secondary N) is 1. The van der Waals surface area contributed by atoms with Gasteiger partial charge in [-0.1, -0.05) is 35.5 Å². The summed E-state index contributed by atoms with van der Waals surface area (Å²) in [6.45, 7) is 7.65. The number of ether oxygens (including phenoxy) is 1. The highest BCUT2D eigenvalue weighted by atomic mass is 35.5. The molecule has 6 nitrogen and oxygen atoms in total. The lowest BCUT2D eigenvalue weighted by Crippen LogP contribution is -2.17. The van der Waals surface area contributed by atoms with Crippen molar-refractivity contribution in [2.24, 2.45) is 0 Å². The van der Waals surface area contributed by atoms with Crippen LogP contribution < -0.4 is 10.1 Å². The SMILES string of the molecule is Cc1cc(Cl)ccc1NC(=O)CSc1nnc(C(C)Oc2ccccc2F)n1C(C)C. The number of benzene rings is 2. The molecule has 2 aromatic carbocycles. The minimum atomic E-state index is -0.522. The molecule has 1 aromatic heterocycles. The number of aryl methyl sites for hydroxylation is 1. The van der Waals surface area contributed by atoms with E-state index in [1.165, 1.54) is 17.8 Å². The van der Waals surface area contributed by atoms with E-state index >= 15 is 0 Å². The van der Waals surface area contributed by atoms with Crippen molar-refractivity contribution in [1.29, 1.82) is 0 Å². The molecular weight excluding hydrogens is 439 g/mol. The summed E-state index contributed by atoms with van der Waals surface area (Å²) in [7, 11) is 0. The quantitative estimate of drug-likeness (QED) is 0.426. The van der Waals surface area contributed by atoms with E-state index in [1.54, 1.807) is 43.3 Å². The fourth-order valence-corrected chi connectivity index (χ4v) is 4.12. The molecule has 0 saturated carbocycles. The highest BCUT2D eigenvalue weighted by molar-refractivity contribution is 7.99. The summed E-state index contributed by atoms with van der Waals surface area (Å²) in [5.74, 6) is 0.282. The Morgan fingerprint density at radius 3 is 2.65 bits per heavy atom. The van der Waals surface area contributed by atoms with E-state index in [-0.39, 0.29) is 23.5 Å². The van der Waals surface area contributed by atoms with Gasteiger partial charge in [-0.05, 0) is 63.6 Å². The zero-order valence-electron chi connectivity index (χ0n) is 17.7. The number of nitrogens with zero attached hydrogens (tertiary/aromatic N) is 3. The predicted octanol–water partition coefficient (Wildman–Crippen LogP) is 5.83. The zero-order valence-corrected chi connectivity index (χ0v) is 19.3. The number of aromatic nitrogens is 3. The lowest BCUT2D eigenvalue weighted by atomic mass is 10.2. The number of amides is 1. The van der Waals surface area contributed by atoms with Gasteiger partial charge in [-0.15, -0.1) is 10.2 Å². The molecule has 0 spiro atoms. The Bertz CT molecular complexity index is 1070. The van der Waals surface area contributed by atoms with Gasteiger partial charge in [0.2, 0.25) is 5.91 Å². The Kier molecular flexibility index (Phi) is 7.56. The molecule has 3 rings (SSSR count). The predicted molar refractivity (Wildman–Crippen MR) is 121 cm³/mol. The number of hydrogen-bond acceptors (Lipinski definition) is 5. The summed E-state index contributed by atoms with van der Waals surface area (Å²) in [4.78, 5) is 12.4. The summed E-state index contributed by atoms with van der Waals surface area (Å²) in [6.07, 6.45) is -0.522. The molecule has 0 saturated heterocycles. The molecule has 1 unspecified atom stereocenters. The molecule has 1 amide bonds. The van der Waals surface area contributed by atoms with Crippen LogP contribution in [0.15, 0.2) is 47.6 Å². The highest BCUT2D eigenvalue weighted by Crippen LogP contribution is 2.29. The maximum Gasteiger partial charge on any atom is 0.234 e. The molecule has 0 aliphatic carbocycles. The average molecular weight is 463 g/mol. The van der Waals surface area contributed by atoms with Crippen LogP contribution in [0.25, 0.3) is 0 Å². The molecular formula is C22H24ClFN4O2S. The van der Waals surface area contributed by atoms with Crippen LogP contribution in [0.4, 0.5) is 10.1 Å². The van der Waals surface area contributed by atoms with Crippen LogP contribution in [0.3, 0.4) is 0 Å². The Morgan fingerprint density at radius 2 is 1.97 bits per heavy atom. The van der Waals surface area contributed by atoms with Crippen molar-refractivity contribution in [3.05, 3.63) is 64.7 Å². The maximum atomic E-state index is 13.9. The maximum absolute atomic E-state index is 13.9. The third-order valence-electron chi connectivity index (χ3n) is 4.51. The van der Waals surface area contributed by atoms with Crippen molar-refractivity contribution >= 4 is 35.0 Å². The summed E-state index contributed by atoms with van der Waals surface area (Å²) in [6, 6.07) is 11.6. The number of halogens is 2. The number of anilines is 1. The van der Waals surface area contributed by atoms with Crippen LogP contribution >= 0.6 is 23.4 Å². The molecule has 0 aliphatic heterocycles. The van der Waals surface area contributed by atoms with Crippen LogP contribution in [0.2, 0.25) is 5.02 Å². The number of carbonyl (C=O) groups is 1. The highest BCUT2D eigenvalue weighted by Gasteiger charge is 2.23. The first-order chi connectivity index (χ1) is 14.8. The number of carbonyl (C=O) groups excluding carboxylic acids is 1. The van der Waals surface area contributed by atoms with E-state index in [9.17, 15) is 9.18 Å². The van der Waals surface area contributed by atoms with Crippen molar-refractivity contribution in [3.63, 3.8) is 0 Å². The van der Waals surface area contributed by atoms with Gasteiger partial charge in [0.1, 0.15) is 0 Å². The number of thioether (sulfide) groups is 1. The summed E-state index contributed by atoms with van der Waals surface area (Å²) in [5, 5.41) is 12.6. The van der Waals surface area contributed by atoms with E-state index < -0.39 is 11.9 Å². The third-order valence-corrected chi connectivity index (χ3v) is 5.68. The molecule has 1 N–H and O–H groups in total. The summed E-state index contributed by atoms with van der Waals surface area (Å²) >= 11 is 7.24. The molecule has 0 bridgehead atoms. The van der Waals surface area contributed by atoms with Crippen molar-refractivity contribution < 1.29 is 13.9 Å². The second-order valence-corrected chi connectivity index (χ2v) is 8.67. The molecule has 31 heavy (non-hydrogen) atoms. The average Bonchev–Trinajstić information content (AvgIpc) is 3.15. The number of rotatable bonds is 8. The summed E-state index contributed by atoms with van der Waals surface area (Å²) in [5.41, 5.74) is 1.60. The van der Waals surface area contributed by atoms with Gasteiger partial charge in [-0.2, -0.15) is 0 Å². The smallest absolute Gasteiger partial charge is 0.234 e. The number of para-hydroxylation sites is 1. The minimum absolute atomic E-state index is 0.0285. The Hall–Kier alpha value is -2.58. The van der Waals surface area contributed by atoms with E-state index in [2.05, 4.69) is 15.5 Å². The van der Waals surface area contributed by atoms with Crippen LogP contribution in [0.1, 0.15) is 44.3 Å². The number of hydrogen-bond donors (Lipinski definition) is 1. The van der Waals surface area contributed by atoms with Gasteiger partial charge in [0.05, 0.1) is 5.75 Å². The second kappa shape index (κ2) is 10.2. The molecule has 0 radical (unpaired) electrons. The van der Waals surface area contributed by atoms with E-state index in [4.69, 9.17) is 16.3 Å². The van der Waals surface area contributed by atoms with Gasteiger partial charge in [-0.25, -0.2) is 4.39 Å². The van der Waals surface area contributed by atoms with E-state index in [0.29, 0.717) is 21.7 Å². The molecule has 1 heterocycles. The lowest BCUT2D eigenvalue weighted by Gasteiger charge is -2.19. The van der Waals surface area contributed by atoms with E-state index in [1.807, 2.05) is 25.3 Å². The van der Waals surface area contributed by atoms with Crippen molar-refractivity contribution in [3.8, 4) is 5.75 Å². The van der Waals surface area contributed by atoms with Crippen LogP contribution in [0, 0.1) is 12.7 Å². The van der Waals surface area contributed by atoms with Gasteiger partial charge < -0.3 is 14.6 Å². The standard InChI is InChI=1S/C22H24ClFN4O2S/c1-13(2)28-21(15(4)30-19-8-6-5-7-17(19)24)26-27-22(28)31-12-20(29)25-18-10-9-16(23)11-14(18)3/h5-11,13,15H,12H2,1-4H3,(H,25,29). The van der Waals surface area contributed by atoms with Crippen LogP contribution in [-0.2, 0) is 4.79 Å². The van der Waals surface area contributed by atoms with Gasteiger partial charge in [0.15, 0.2) is 28.7 Å². The molecule has 3 aromatic rings. The van der Waals surface area contributed by atoms with Gasteiger partial charge in [-0.3, -0.25) is 4.79 Å². The molecule has 1 atom stereocenters. The van der Waals surface area contributed by atoms with Gasteiger partial charge in [0, 0.05) is 16.8 Å². The van der Waals surface area contributed by atoms with Crippen molar-refractivity contribution in [1.82, 2.24) is 14.8 Å². The normalized spacial score (nSPS) is 12.1. The van der Waals surface area contributed by atoms with Crippen LogP contribution in [0.5, 0.6) is 5.75 Å². The van der Waals surface area contributed by atoms with E-state index in [0.717, 1.165) is 5.56 Å². The Balaban J connectivity index is 1.70. The fourth-order valence-electron chi connectivity index (χ4n) is 3.02. The third kappa shape index (κ3) is 5.77. The topological polar surface area (TPSA) is 69.0 Å². The lowest BCUT2D eigenvalue weighted by molar-refractivity contribution is -0.113. The first-order valence-corrected chi connectivity index (χ1v) is 11.2. The van der Waals surface area contributed by atoms with Crippen molar-refractivity contribution in [2.45, 2.75) is 45.0 Å². The zero-order chi connectivity index (χ0) is 22.5. The molecule has 164 valence electrons.